The predicted octanol–water partition coefficient (Wildman–Crippen LogP) is 3.28. The summed E-state index contributed by atoms with van der Waals surface area (Å²) in [7, 11) is -3.50. The van der Waals surface area contributed by atoms with Crippen molar-refractivity contribution in [3.8, 4) is 0 Å². The minimum atomic E-state index is -3.50. The first-order chi connectivity index (χ1) is 10.9. The summed E-state index contributed by atoms with van der Waals surface area (Å²) in [6, 6.07) is 5.07. The SMILES string of the molecule is CC(C)S(=O)(=O)C(C)C(=O)Nc1ccc2oc(C(C)(C)C)nc2c1. The molecule has 1 N–H and O–H groups in total. The Morgan fingerprint density at radius 2 is 1.83 bits per heavy atom. The lowest BCUT2D eigenvalue weighted by Crippen LogP contribution is -2.36. The Balaban J connectivity index is 2.26. The molecular weight excluding hydrogens is 328 g/mol. The van der Waals surface area contributed by atoms with Crippen LogP contribution in [0.5, 0.6) is 0 Å². The fraction of sp³-hybridized carbons (Fsp3) is 0.529. The van der Waals surface area contributed by atoms with Gasteiger partial charge in [-0.1, -0.05) is 20.8 Å². The molecule has 132 valence electrons. The number of sulfone groups is 1. The highest BCUT2D eigenvalue weighted by molar-refractivity contribution is 7.93. The van der Waals surface area contributed by atoms with Gasteiger partial charge in [0, 0.05) is 11.1 Å². The monoisotopic (exact) mass is 352 g/mol. The number of carbonyl (C=O) groups is 1. The molecule has 2 aromatic rings. The lowest BCUT2D eigenvalue weighted by Gasteiger charge is -2.15. The van der Waals surface area contributed by atoms with Crippen molar-refractivity contribution >= 4 is 32.5 Å². The van der Waals surface area contributed by atoms with Crippen molar-refractivity contribution in [2.45, 2.75) is 57.5 Å². The number of oxazole rings is 1. The van der Waals surface area contributed by atoms with Crippen LogP contribution in [-0.4, -0.2) is 29.8 Å². The summed E-state index contributed by atoms with van der Waals surface area (Å²) >= 11 is 0. The molecule has 24 heavy (non-hydrogen) atoms. The van der Waals surface area contributed by atoms with Gasteiger partial charge >= 0.3 is 0 Å². The first kappa shape index (κ1) is 18.4. The lowest BCUT2D eigenvalue weighted by atomic mass is 9.97. The van der Waals surface area contributed by atoms with E-state index in [0.717, 1.165) is 0 Å². The van der Waals surface area contributed by atoms with Crippen molar-refractivity contribution in [2.24, 2.45) is 0 Å². The highest BCUT2D eigenvalue weighted by Crippen LogP contribution is 2.27. The van der Waals surface area contributed by atoms with Crippen molar-refractivity contribution in [2.75, 3.05) is 5.32 Å². The standard InChI is InChI=1S/C17H24N2O4S/c1-10(2)24(21,22)11(3)15(20)18-12-7-8-14-13(9-12)19-16(23-14)17(4,5)6/h7-11H,1-6H3,(H,18,20). The van der Waals surface area contributed by atoms with E-state index in [1.165, 1.54) is 6.92 Å². The van der Waals surface area contributed by atoms with Crippen LogP contribution in [0.25, 0.3) is 11.1 Å². The van der Waals surface area contributed by atoms with Crippen molar-refractivity contribution in [1.29, 1.82) is 0 Å². The second-order valence-electron chi connectivity index (χ2n) is 7.22. The summed E-state index contributed by atoms with van der Waals surface area (Å²) in [5.41, 5.74) is 1.52. The van der Waals surface area contributed by atoms with Gasteiger partial charge in [-0.05, 0) is 39.0 Å². The number of amides is 1. The van der Waals surface area contributed by atoms with Gasteiger partial charge in [-0.2, -0.15) is 0 Å². The predicted molar refractivity (Wildman–Crippen MR) is 94.9 cm³/mol. The number of aromatic nitrogens is 1. The number of benzene rings is 1. The van der Waals surface area contributed by atoms with Crippen LogP contribution in [0.3, 0.4) is 0 Å². The molecule has 0 saturated carbocycles. The van der Waals surface area contributed by atoms with Gasteiger partial charge in [0.25, 0.3) is 0 Å². The van der Waals surface area contributed by atoms with E-state index in [1.54, 1.807) is 32.0 Å². The Kier molecular flexibility index (Phi) is 4.77. The van der Waals surface area contributed by atoms with Gasteiger partial charge < -0.3 is 9.73 Å². The van der Waals surface area contributed by atoms with E-state index in [4.69, 9.17) is 4.42 Å². The molecule has 1 aromatic carbocycles. The Bertz CT molecular complexity index is 860. The van der Waals surface area contributed by atoms with Gasteiger partial charge in [-0.25, -0.2) is 13.4 Å². The second kappa shape index (κ2) is 6.20. The zero-order valence-corrected chi connectivity index (χ0v) is 15.7. The molecule has 1 heterocycles. The summed E-state index contributed by atoms with van der Waals surface area (Å²) in [4.78, 5) is 16.7. The van der Waals surface area contributed by atoms with Crippen LogP contribution in [0, 0.1) is 0 Å². The largest absolute Gasteiger partial charge is 0.440 e. The molecule has 2 rings (SSSR count). The molecule has 0 spiro atoms. The van der Waals surface area contributed by atoms with Crippen LogP contribution in [-0.2, 0) is 20.0 Å². The summed E-state index contributed by atoms with van der Waals surface area (Å²) in [5.74, 6) is 0.0549. The number of rotatable bonds is 4. The molecule has 1 aromatic heterocycles. The van der Waals surface area contributed by atoms with E-state index in [1.807, 2.05) is 20.8 Å². The topological polar surface area (TPSA) is 89.3 Å². The van der Waals surface area contributed by atoms with Gasteiger partial charge in [0.2, 0.25) is 11.8 Å². The summed E-state index contributed by atoms with van der Waals surface area (Å²) in [6.07, 6.45) is 0. The number of fused-ring (bicyclic) bond motifs is 1. The van der Waals surface area contributed by atoms with Gasteiger partial charge in [-0.15, -0.1) is 0 Å². The van der Waals surface area contributed by atoms with Gasteiger partial charge in [0.05, 0.1) is 5.25 Å². The second-order valence-corrected chi connectivity index (χ2v) is 10.0. The average Bonchev–Trinajstić information content (AvgIpc) is 2.89. The minimum Gasteiger partial charge on any atom is -0.440 e. The summed E-state index contributed by atoms with van der Waals surface area (Å²) in [6.45, 7) is 10.5. The highest BCUT2D eigenvalue weighted by atomic mass is 32.2. The zero-order chi connectivity index (χ0) is 18.3. The zero-order valence-electron chi connectivity index (χ0n) is 14.9. The maximum absolute atomic E-state index is 12.2. The Morgan fingerprint density at radius 1 is 1.21 bits per heavy atom. The number of carbonyl (C=O) groups excluding carboxylic acids is 1. The third kappa shape index (κ3) is 3.61. The van der Waals surface area contributed by atoms with Gasteiger partial charge in [0.1, 0.15) is 10.8 Å². The van der Waals surface area contributed by atoms with Crippen LogP contribution in [0.2, 0.25) is 0 Å². The molecule has 0 aliphatic carbocycles. The van der Waals surface area contributed by atoms with Crippen LogP contribution in [0.4, 0.5) is 5.69 Å². The minimum absolute atomic E-state index is 0.220. The number of hydrogen-bond donors (Lipinski definition) is 1. The van der Waals surface area contributed by atoms with Crippen molar-refractivity contribution in [1.82, 2.24) is 4.98 Å². The third-order valence-corrected chi connectivity index (χ3v) is 6.33. The molecule has 1 amide bonds. The average molecular weight is 352 g/mol. The van der Waals surface area contributed by atoms with Crippen molar-refractivity contribution in [3.05, 3.63) is 24.1 Å². The molecule has 0 aliphatic rings. The smallest absolute Gasteiger partial charge is 0.242 e. The van der Waals surface area contributed by atoms with Crippen LogP contribution in [0.1, 0.15) is 47.4 Å². The van der Waals surface area contributed by atoms with Crippen LogP contribution >= 0.6 is 0 Å². The molecule has 0 radical (unpaired) electrons. The van der Waals surface area contributed by atoms with Crippen molar-refractivity contribution in [3.63, 3.8) is 0 Å². The molecule has 0 saturated heterocycles. The fourth-order valence-electron chi connectivity index (χ4n) is 2.13. The van der Waals surface area contributed by atoms with E-state index in [0.29, 0.717) is 22.7 Å². The molecule has 0 aliphatic heterocycles. The number of nitrogens with one attached hydrogen (secondary N) is 1. The lowest BCUT2D eigenvalue weighted by molar-refractivity contribution is -0.115. The molecule has 6 nitrogen and oxygen atoms in total. The molecule has 0 fully saturated rings. The quantitative estimate of drug-likeness (QED) is 0.912. The molecule has 1 atom stereocenters. The van der Waals surface area contributed by atoms with Gasteiger partial charge in [-0.3, -0.25) is 4.79 Å². The summed E-state index contributed by atoms with van der Waals surface area (Å²) in [5, 5.41) is 0.922. The first-order valence-corrected chi connectivity index (χ1v) is 9.48. The van der Waals surface area contributed by atoms with Gasteiger partial charge in [0.15, 0.2) is 15.4 Å². The summed E-state index contributed by atoms with van der Waals surface area (Å²) < 4.78 is 29.9. The Labute approximate surface area is 142 Å². The van der Waals surface area contributed by atoms with E-state index in [-0.39, 0.29) is 5.41 Å². The first-order valence-electron chi connectivity index (χ1n) is 7.87. The number of nitrogens with zero attached hydrogens (tertiary/aromatic N) is 1. The normalized spacial score (nSPS) is 14.1. The molecule has 0 bridgehead atoms. The Morgan fingerprint density at radius 3 is 2.38 bits per heavy atom. The number of hydrogen-bond acceptors (Lipinski definition) is 5. The van der Waals surface area contributed by atoms with E-state index < -0.39 is 26.2 Å². The molecule has 7 heteroatoms. The van der Waals surface area contributed by atoms with E-state index >= 15 is 0 Å². The fourth-order valence-corrected chi connectivity index (χ4v) is 3.30. The molecule has 1 unspecified atom stereocenters. The number of anilines is 1. The maximum atomic E-state index is 12.2. The molecular formula is C17H24N2O4S. The van der Waals surface area contributed by atoms with Crippen LogP contribution in [0.15, 0.2) is 22.6 Å². The highest BCUT2D eigenvalue weighted by Gasteiger charge is 2.30. The van der Waals surface area contributed by atoms with E-state index in [9.17, 15) is 13.2 Å². The maximum Gasteiger partial charge on any atom is 0.242 e. The van der Waals surface area contributed by atoms with E-state index in [2.05, 4.69) is 10.3 Å². The Hall–Kier alpha value is -1.89. The third-order valence-electron chi connectivity index (χ3n) is 3.82. The van der Waals surface area contributed by atoms with Crippen LogP contribution < -0.4 is 5.32 Å². The van der Waals surface area contributed by atoms with Crippen molar-refractivity contribution < 1.29 is 17.6 Å².